The first kappa shape index (κ1) is 21.3. The Balaban J connectivity index is 1.43. The Morgan fingerprint density at radius 2 is 1.07 bits per heavy atom. The number of hydrogen-bond acceptors (Lipinski definition) is 3. The number of nitrogens with zero attached hydrogens (tertiary/aromatic N) is 3. The zero-order valence-electron chi connectivity index (χ0n) is 18.4. The van der Waals surface area contributed by atoms with Crippen LogP contribution in [0.5, 0.6) is 0 Å². The third-order valence-corrected chi connectivity index (χ3v) is 8.39. The Bertz CT molecular complexity index is 665. The largest absolute Gasteiger partial charge is 0.222 e. The van der Waals surface area contributed by atoms with Gasteiger partial charge in [0.2, 0.25) is 4.96 Å². The van der Waals surface area contributed by atoms with Crippen LogP contribution in [0.3, 0.4) is 0 Å². The number of fused-ring (bicyclic) bond motifs is 1. The molecule has 2 fully saturated rings. The summed E-state index contributed by atoms with van der Waals surface area (Å²) in [6, 6.07) is 0. The molecule has 2 heterocycles. The zero-order chi connectivity index (χ0) is 19.7. The van der Waals surface area contributed by atoms with E-state index in [0.29, 0.717) is 11.8 Å². The van der Waals surface area contributed by atoms with Crippen molar-refractivity contribution in [1.82, 2.24) is 14.6 Å². The molecular formula is C25H41N3S. The van der Waals surface area contributed by atoms with E-state index >= 15 is 0 Å². The second-order valence-corrected chi connectivity index (χ2v) is 10.7. The Hall–Kier alpha value is -0.900. The molecule has 0 unspecified atom stereocenters. The van der Waals surface area contributed by atoms with Gasteiger partial charge in [-0.1, -0.05) is 108 Å². The molecule has 2 aliphatic rings. The van der Waals surface area contributed by atoms with E-state index in [0.717, 1.165) is 4.96 Å². The van der Waals surface area contributed by atoms with Crippen molar-refractivity contribution in [2.24, 2.45) is 0 Å². The van der Waals surface area contributed by atoms with Gasteiger partial charge >= 0.3 is 0 Å². The quantitative estimate of drug-likeness (QED) is 0.493. The Kier molecular flexibility index (Phi) is 8.45. The molecule has 0 aromatic carbocycles. The molecule has 3 nitrogen and oxygen atoms in total. The maximum atomic E-state index is 5.09. The predicted molar refractivity (Wildman–Crippen MR) is 124 cm³/mol. The molecule has 0 aliphatic heterocycles. The summed E-state index contributed by atoms with van der Waals surface area (Å²) >= 11 is 1.88. The van der Waals surface area contributed by atoms with Gasteiger partial charge in [-0.2, -0.15) is 5.10 Å². The van der Waals surface area contributed by atoms with Crippen LogP contribution in [0.4, 0.5) is 0 Å². The van der Waals surface area contributed by atoms with Gasteiger partial charge in [-0.3, -0.25) is 0 Å². The van der Waals surface area contributed by atoms with Crippen LogP contribution in [0.15, 0.2) is 6.20 Å². The van der Waals surface area contributed by atoms with Crippen LogP contribution in [-0.2, 0) is 0 Å². The molecule has 162 valence electrons. The molecule has 2 aromatic rings. The minimum absolute atomic E-state index is 0.655. The summed E-state index contributed by atoms with van der Waals surface area (Å²) in [5, 5.41) is 6.40. The topological polar surface area (TPSA) is 30.2 Å². The van der Waals surface area contributed by atoms with Crippen LogP contribution in [-0.4, -0.2) is 14.6 Å². The highest BCUT2D eigenvalue weighted by Gasteiger charge is 2.21. The highest BCUT2D eigenvalue weighted by atomic mass is 32.1. The van der Waals surface area contributed by atoms with Crippen molar-refractivity contribution in [3.05, 3.63) is 16.9 Å². The molecule has 0 radical (unpaired) electrons. The van der Waals surface area contributed by atoms with Crippen LogP contribution in [0.25, 0.3) is 4.96 Å². The van der Waals surface area contributed by atoms with E-state index in [9.17, 15) is 0 Å². The number of imidazole rings is 1. The van der Waals surface area contributed by atoms with E-state index in [4.69, 9.17) is 10.1 Å². The fourth-order valence-electron chi connectivity index (χ4n) is 5.43. The third kappa shape index (κ3) is 6.29. The molecule has 2 aromatic heterocycles. The average Bonchev–Trinajstić information content (AvgIpc) is 3.28. The van der Waals surface area contributed by atoms with E-state index in [1.807, 2.05) is 11.3 Å². The first-order chi connectivity index (χ1) is 14.4. The molecule has 2 aliphatic carbocycles. The van der Waals surface area contributed by atoms with Gasteiger partial charge in [-0.15, -0.1) is 0 Å². The monoisotopic (exact) mass is 415 g/mol. The molecule has 0 N–H and O–H groups in total. The summed E-state index contributed by atoms with van der Waals surface area (Å²) in [4.78, 5) is 6.23. The molecule has 0 spiro atoms. The highest BCUT2D eigenvalue weighted by molar-refractivity contribution is 7.16. The van der Waals surface area contributed by atoms with Crippen molar-refractivity contribution >= 4 is 16.3 Å². The van der Waals surface area contributed by atoms with Crippen LogP contribution < -0.4 is 0 Å². The van der Waals surface area contributed by atoms with Crippen molar-refractivity contribution in [3.8, 4) is 0 Å². The van der Waals surface area contributed by atoms with Gasteiger partial charge in [-0.05, 0) is 25.7 Å². The van der Waals surface area contributed by atoms with Gasteiger partial charge in [0.15, 0.2) is 0 Å². The molecule has 0 saturated heterocycles. The van der Waals surface area contributed by atoms with Crippen molar-refractivity contribution in [1.29, 1.82) is 0 Å². The third-order valence-electron chi connectivity index (χ3n) is 7.31. The summed E-state index contributed by atoms with van der Waals surface area (Å²) in [6.45, 7) is 0. The molecule has 4 heteroatoms. The zero-order valence-corrected chi connectivity index (χ0v) is 19.2. The van der Waals surface area contributed by atoms with E-state index in [2.05, 4.69) is 10.7 Å². The first-order valence-electron chi connectivity index (χ1n) is 12.8. The Labute approximate surface area is 181 Å². The normalized spacial score (nSPS) is 23.0. The standard InChI is InChI=1S/C25H41N3S/c1-2-5-11-15-19-22(18-14-10-4-1)24-27-28-20-23(26-25(28)29-24)21-16-12-8-6-3-7-9-13-17-21/h20-22H,1-19H2. The summed E-state index contributed by atoms with van der Waals surface area (Å²) in [7, 11) is 0. The summed E-state index contributed by atoms with van der Waals surface area (Å²) in [6.07, 6.45) is 28.7. The number of rotatable bonds is 2. The number of hydrogen-bond donors (Lipinski definition) is 0. The van der Waals surface area contributed by atoms with Gasteiger partial charge in [-0.25, -0.2) is 9.50 Å². The lowest BCUT2D eigenvalue weighted by atomic mass is 9.90. The summed E-state index contributed by atoms with van der Waals surface area (Å²) in [5.41, 5.74) is 1.32. The first-order valence-corrected chi connectivity index (χ1v) is 13.6. The fourth-order valence-corrected chi connectivity index (χ4v) is 6.49. The summed E-state index contributed by atoms with van der Waals surface area (Å²) in [5.74, 6) is 1.32. The Morgan fingerprint density at radius 1 is 0.621 bits per heavy atom. The van der Waals surface area contributed by atoms with Gasteiger partial charge in [0.1, 0.15) is 5.01 Å². The lowest BCUT2D eigenvalue weighted by molar-refractivity contribution is 0.458. The maximum Gasteiger partial charge on any atom is 0.212 e. The second-order valence-electron chi connectivity index (χ2n) is 9.69. The smallest absolute Gasteiger partial charge is 0.212 e. The second kappa shape index (κ2) is 11.5. The molecule has 4 rings (SSSR count). The van der Waals surface area contributed by atoms with Crippen molar-refractivity contribution in [3.63, 3.8) is 0 Å². The predicted octanol–water partition coefficient (Wildman–Crippen LogP) is 8.40. The summed E-state index contributed by atoms with van der Waals surface area (Å²) < 4.78 is 2.12. The molecule has 29 heavy (non-hydrogen) atoms. The number of aromatic nitrogens is 3. The maximum absolute atomic E-state index is 5.09. The molecule has 0 bridgehead atoms. The van der Waals surface area contributed by atoms with E-state index < -0.39 is 0 Å². The average molecular weight is 416 g/mol. The highest BCUT2D eigenvalue weighted by Crippen LogP contribution is 2.34. The van der Waals surface area contributed by atoms with Crippen molar-refractivity contribution in [2.75, 3.05) is 0 Å². The van der Waals surface area contributed by atoms with Crippen molar-refractivity contribution in [2.45, 2.75) is 134 Å². The van der Waals surface area contributed by atoms with Gasteiger partial charge in [0, 0.05) is 11.8 Å². The molecular weight excluding hydrogens is 374 g/mol. The van der Waals surface area contributed by atoms with Crippen LogP contribution in [0, 0.1) is 0 Å². The van der Waals surface area contributed by atoms with E-state index in [1.54, 1.807) is 0 Å². The van der Waals surface area contributed by atoms with Crippen LogP contribution >= 0.6 is 11.3 Å². The van der Waals surface area contributed by atoms with Crippen LogP contribution in [0.2, 0.25) is 0 Å². The molecule has 0 amide bonds. The van der Waals surface area contributed by atoms with Crippen LogP contribution in [0.1, 0.15) is 145 Å². The molecule has 0 atom stereocenters. The SMILES string of the molecule is c1c(C2CCCCCCCCC2)nc2sc(C3CCCCCCCCCC3)nn12. The van der Waals surface area contributed by atoms with Crippen molar-refractivity contribution < 1.29 is 0 Å². The van der Waals surface area contributed by atoms with Gasteiger partial charge in [0.25, 0.3) is 0 Å². The van der Waals surface area contributed by atoms with E-state index in [-0.39, 0.29) is 0 Å². The van der Waals surface area contributed by atoms with Gasteiger partial charge in [0.05, 0.1) is 11.9 Å². The fraction of sp³-hybridized carbons (Fsp3) is 0.840. The minimum atomic E-state index is 0.655. The van der Waals surface area contributed by atoms with Gasteiger partial charge < -0.3 is 0 Å². The van der Waals surface area contributed by atoms with E-state index in [1.165, 1.54) is 133 Å². The Morgan fingerprint density at radius 3 is 1.55 bits per heavy atom. The minimum Gasteiger partial charge on any atom is -0.222 e. The lowest BCUT2D eigenvalue weighted by Gasteiger charge is -2.16. The lowest BCUT2D eigenvalue weighted by Crippen LogP contribution is -2.02. The molecule has 2 saturated carbocycles.